The monoisotopic (exact) mass is 402 g/mol. The number of amides is 2. The molecule has 4 rings (SSSR count). The number of benzene rings is 2. The highest BCUT2D eigenvalue weighted by atomic mass is 19.1. The molecule has 2 aromatic carbocycles. The van der Waals surface area contributed by atoms with Crippen LogP contribution in [0.25, 0.3) is 11.4 Å². The number of nitrogens with one attached hydrogen (secondary N) is 1. The zero-order valence-corrected chi connectivity index (χ0v) is 15.2. The van der Waals surface area contributed by atoms with Crippen molar-refractivity contribution >= 4 is 6.03 Å². The van der Waals surface area contributed by atoms with Gasteiger partial charge >= 0.3 is 6.03 Å². The standard InChI is InChI=1S/C20H17F3N4O2/c21-13-5-3-12(4-6-13)11-24-20(28)27-9-1-2-17(27)19-25-18(26-29-19)15-8-7-14(22)10-16(15)23/h3-8,10,17H,1-2,9,11H2,(H,24,28)/t17-/m0/s1. The maximum atomic E-state index is 14.0. The second kappa shape index (κ2) is 7.94. The maximum Gasteiger partial charge on any atom is 0.318 e. The zero-order valence-electron chi connectivity index (χ0n) is 15.2. The van der Waals surface area contributed by atoms with Gasteiger partial charge in [-0.25, -0.2) is 18.0 Å². The predicted molar refractivity (Wildman–Crippen MR) is 97.0 cm³/mol. The number of carbonyl (C=O) groups excluding carboxylic acids is 1. The molecular formula is C20H17F3N4O2. The molecule has 0 radical (unpaired) electrons. The first-order chi connectivity index (χ1) is 14.0. The van der Waals surface area contributed by atoms with E-state index in [0.29, 0.717) is 13.0 Å². The molecule has 1 atom stereocenters. The third kappa shape index (κ3) is 4.08. The summed E-state index contributed by atoms with van der Waals surface area (Å²) in [6.07, 6.45) is 1.37. The van der Waals surface area contributed by atoms with E-state index in [0.717, 1.165) is 24.1 Å². The Hall–Kier alpha value is -3.36. The van der Waals surface area contributed by atoms with Crippen LogP contribution in [0, 0.1) is 17.5 Å². The number of aromatic nitrogens is 2. The summed E-state index contributed by atoms with van der Waals surface area (Å²) in [5.41, 5.74) is 0.786. The number of rotatable bonds is 4. The van der Waals surface area contributed by atoms with Crippen LogP contribution in [0.4, 0.5) is 18.0 Å². The van der Waals surface area contributed by atoms with Crippen LogP contribution in [0.1, 0.15) is 30.3 Å². The highest BCUT2D eigenvalue weighted by Gasteiger charge is 2.34. The summed E-state index contributed by atoms with van der Waals surface area (Å²) < 4.78 is 45.3. The molecule has 1 fully saturated rings. The molecule has 1 aliphatic rings. The number of nitrogens with zero attached hydrogens (tertiary/aromatic N) is 3. The summed E-state index contributed by atoms with van der Waals surface area (Å²) in [6.45, 7) is 0.751. The molecule has 0 spiro atoms. The fourth-order valence-electron chi connectivity index (χ4n) is 3.30. The molecule has 1 aromatic heterocycles. The fraction of sp³-hybridized carbons (Fsp3) is 0.250. The molecule has 0 bridgehead atoms. The molecule has 9 heteroatoms. The van der Waals surface area contributed by atoms with Gasteiger partial charge in [0.05, 0.1) is 5.56 Å². The van der Waals surface area contributed by atoms with Crippen molar-refractivity contribution in [3.05, 3.63) is 71.4 Å². The van der Waals surface area contributed by atoms with E-state index in [1.807, 2.05) is 0 Å². The number of hydrogen-bond acceptors (Lipinski definition) is 4. The van der Waals surface area contributed by atoms with E-state index < -0.39 is 17.7 Å². The van der Waals surface area contributed by atoms with E-state index in [2.05, 4.69) is 15.5 Å². The van der Waals surface area contributed by atoms with Crippen LogP contribution in [0.2, 0.25) is 0 Å². The van der Waals surface area contributed by atoms with Crippen molar-refractivity contribution < 1.29 is 22.5 Å². The van der Waals surface area contributed by atoms with Crippen molar-refractivity contribution in [3.8, 4) is 11.4 Å². The third-order valence-electron chi connectivity index (χ3n) is 4.77. The van der Waals surface area contributed by atoms with Crippen LogP contribution in [-0.4, -0.2) is 27.6 Å². The number of hydrogen-bond donors (Lipinski definition) is 1. The molecule has 0 unspecified atom stereocenters. The van der Waals surface area contributed by atoms with Gasteiger partial charge in [0.25, 0.3) is 0 Å². The Bertz CT molecular complexity index is 1020. The van der Waals surface area contributed by atoms with Gasteiger partial charge in [-0.1, -0.05) is 17.3 Å². The lowest BCUT2D eigenvalue weighted by Gasteiger charge is -2.22. The summed E-state index contributed by atoms with van der Waals surface area (Å²) in [4.78, 5) is 18.4. The molecule has 2 amide bonds. The molecule has 0 saturated carbocycles. The quantitative estimate of drug-likeness (QED) is 0.710. The Balaban J connectivity index is 1.46. The number of halogens is 3. The largest absolute Gasteiger partial charge is 0.337 e. The van der Waals surface area contributed by atoms with Crippen LogP contribution in [-0.2, 0) is 6.54 Å². The van der Waals surface area contributed by atoms with Gasteiger partial charge in [0.1, 0.15) is 23.5 Å². The number of urea groups is 1. The smallest absolute Gasteiger partial charge is 0.318 e. The van der Waals surface area contributed by atoms with Gasteiger partial charge < -0.3 is 14.7 Å². The van der Waals surface area contributed by atoms with Crippen LogP contribution < -0.4 is 5.32 Å². The van der Waals surface area contributed by atoms with E-state index in [1.165, 1.54) is 18.2 Å². The SMILES string of the molecule is O=C(NCc1ccc(F)cc1)N1CCC[C@H]1c1nc(-c2ccc(F)cc2F)no1. The van der Waals surface area contributed by atoms with Crippen molar-refractivity contribution in [1.82, 2.24) is 20.4 Å². The van der Waals surface area contributed by atoms with Crippen molar-refractivity contribution in [1.29, 1.82) is 0 Å². The van der Waals surface area contributed by atoms with Gasteiger partial charge in [0.2, 0.25) is 11.7 Å². The molecule has 150 valence electrons. The molecule has 6 nitrogen and oxygen atoms in total. The number of likely N-dealkylation sites (tertiary alicyclic amines) is 1. The Labute approximate surface area is 164 Å². The zero-order chi connectivity index (χ0) is 20.4. The molecule has 2 heterocycles. The Morgan fingerprint density at radius 2 is 1.90 bits per heavy atom. The lowest BCUT2D eigenvalue weighted by molar-refractivity contribution is 0.180. The van der Waals surface area contributed by atoms with Gasteiger partial charge in [0, 0.05) is 19.2 Å². The first kappa shape index (κ1) is 19.0. The summed E-state index contributed by atoms with van der Waals surface area (Å²) in [7, 11) is 0. The minimum atomic E-state index is -0.794. The fourth-order valence-corrected chi connectivity index (χ4v) is 3.30. The van der Waals surface area contributed by atoms with Gasteiger partial charge in [-0.05, 0) is 42.7 Å². The average molecular weight is 402 g/mol. The van der Waals surface area contributed by atoms with E-state index in [-0.39, 0.29) is 35.7 Å². The van der Waals surface area contributed by atoms with E-state index >= 15 is 0 Å². The topological polar surface area (TPSA) is 71.3 Å². The summed E-state index contributed by atoms with van der Waals surface area (Å²) in [5.74, 6) is -1.65. The normalized spacial score (nSPS) is 16.2. The van der Waals surface area contributed by atoms with Crippen LogP contribution >= 0.6 is 0 Å². The average Bonchev–Trinajstić information content (AvgIpc) is 3.36. The molecular weight excluding hydrogens is 385 g/mol. The van der Waals surface area contributed by atoms with Gasteiger partial charge in [-0.3, -0.25) is 0 Å². The minimum Gasteiger partial charge on any atom is -0.337 e. The molecule has 1 N–H and O–H groups in total. The molecule has 29 heavy (non-hydrogen) atoms. The predicted octanol–water partition coefficient (Wildman–Crippen LogP) is 4.20. The van der Waals surface area contributed by atoms with E-state index in [4.69, 9.17) is 4.52 Å². The van der Waals surface area contributed by atoms with Crippen LogP contribution in [0.3, 0.4) is 0 Å². The molecule has 3 aromatic rings. The Kier molecular flexibility index (Phi) is 5.20. The third-order valence-corrected chi connectivity index (χ3v) is 4.77. The minimum absolute atomic E-state index is 0.00364. The van der Waals surface area contributed by atoms with E-state index in [1.54, 1.807) is 17.0 Å². The lowest BCUT2D eigenvalue weighted by atomic mass is 10.2. The van der Waals surface area contributed by atoms with Crippen LogP contribution in [0.15, 0.2) is 47.0 Å². The Morgan fingerprint density at radius 1 is 1.14 bits per heavy atom. The van der Waals surface area contributed by atoms with Gasteiger partial charge in [-0.2, -0.15) is 4.98 Å². The maximum absolute atomic E-state index is 14.0. The van der Waals surface area contributed by atoms with Gasteiger partial charge in [0.15, 0.2) is 0 Å². The summed E-state index contributed by atoms with van der Waals surface area (Å²) >= 11 is 0. The number of carbonyl (C=O) groups is 1. The second-order valence-electron chi connectivity index (χ2n) is 6.72. The van der Waals surface area contributed by atoms with Crippen molar-refractivity contribution in [3.63, 3.8) is 0 Å². The molecule has 0 aliphatic carbocycles. The Morgan fingerprint density at radius 3 is 2.66 bits per heavy atom. The van der Waals surface area contributed by atoms with Crippen LogP contribution in [0.5, 0.6) is 0 Å². The molecule has 1 saturated heterocycles. The van der Waals surface area contributed by atoms with Crippen molar-refractivity contribution in [2.75, 3.05) is 6.54 Å². The highest BCUT2D eigenvalue weighted by Crippen LogP contribution is 2.32. The first-order valence-electron chi connectivity index (χ1n) is 9.09. The van der Waals surface area contributed by atoms with Gasteiger partial charge in [-0.15, -0.1) is 0 Å². The molecule has 1 aliphatic heterocycles. The van der Waals surface area contributed by atoms with Crippen molar-refractivity contribution in [2.24, 2.45) is 0 Å². The first-order valence-corrected chi connectivity index (χ1v) is 9.09. The summed E-state index contributed by atoms with van der Waals surface area (Å²) in [5, 5.41) is 6.56. The van der Waals surface area contributed by atoms with Crippen molar-refractivity contribution in [2.45, 2.75) is 25.4 Å². The summed E-state index contributed by atoms with van der Waals surface area (Å²) in [6, 6.07) is 8.19. The lowest BCUT2D eigenvalue weighted by Crippen LogP contribution is -2.39. The van der Waals surface area contributed by atoms with E-state index in [9.17, 15) is 18.0 Å². The highest BCUT2D eigenvalue weighted by molar-refractivity contribution is 5.75. The second-order valence-corrected chi connectivity index (χ2v) is 6.72.